The van der Waals surface area contributed by atoms with Gasteiger partial charge in [0.2, 0.25) is 0 Å². The van der Waals surface area contributed by atoms with Gasteiger partial charge in [0, 0.05) is 17.3 Å². The first-order chi connectivity index (χ1) is 4.84. The maximum absolute atomic E-state index is 8.07. The number of aryl methyl sites for hydroxylation is 1. The minimum Gasteiger partial charge on any atom is -0.264 e. The van der Waals surface area contributed by atoms with E-state index >= 15 is 0 Å². The highest BCUT2D eigenvalue weighted by molar-refractivity contribution is 5.41. The highest BCUT2D eigenvalue weighted by atomic mass is 15.1. The minimum absolute atomic E-state index is 0.588. The largest absolute Gasteiger partial charge is 0.264 e. The molecule has 4 nitrogen and oxygen atoms in total. The van der Waals surface area contributed by atoms with Crippen LogP contribution in [-0.4, -0.2) is 4.98 Å². The number of aromatic nitrogens is 1. The summed E-state index contributed by atoms with van der Waals surface area (Å²) < 4.78 is 0. The second kappa shape index (κ2) is 2.85. The minimum atomic E-state index is 0.588. The Hall–Kier alpha value is -1.54. The number of hydrogen-bond donors (Lipinski definition) is 0. The van der Waals surface area contributed by atoms with Gasteiger partial charge in [0.05, 0.1) is 5.69 Å². The predicted molar refractivity (Wildman–Crippen MR) is 37.8 cm³/mol. The first-order valence-corrected chi connectivity index (χ1v) is 2.80. The van der Waals surface area contributed by atoms with E-state index in [0.29, 0.717) is 5.69 Å². The molecule has 0 saturated heterocycles. The molecule has 0 fully saturated rings. The van der Waals surface area contributed by atoms with Gasteiger partial charge in [-0.2, -0.15) is 0 Å². The maximum atomic E-state index is 8.07. The zero-order valence-corrected chi connectivity index (χ0v) is 5.52. The van der Waals surface area contributed by atoms with Crippen molar-refractivity contribution in [1.82, 2.24) is 4.98 Å². The topological polar surface area (TPSA) is 61.7 Å². The third-order valence-corrected chi connectivity index (χ3v) is 1.16. The molecule has 0 saturated carbocycles. The number of rotatable bonds is 1. The lowest BCUT2D eigenvalue weighted by Crippen LogP contribution is -1.73. The van der Waals surface area contributed by atoms with Crippen LogP contribution in [0.2, 0.25) is 0 Å². The van der Waals surface area contributed by atoms with Crippen molar-refractivity contribution in [2.45, 2.75) is 6.92 Å². The molecule has 0 aliphatic heterocycles. The summed E-state index contributed by atoms with van der Waals surface area (Å²) in [5, 5.41) is 3.42. The van der Waals surface area contributed by atoms with E-state index < -0.39 is 0 Å². The first kappa shape index (κ1) is 6.58. The predicted octanol–water partition coefficient (Wildman–Crippen LogP) is 2.33. The second-order valence-corrected chi connectivity index (χ2v) is 1.85. The summed E-state index contributed by atoms with van der Waals surface area (Å²) in [4.78, 5) is 6.45. The molecule has 1 aromatic heterocycles. The smallest absolute Gasteiger partial charge is 0.0587 e. The molecule has 1 heterocycles. The molecule has 0 aliphatic carbocycles. The van der Waals surface area contributed by atoms with Crippen molar-refractivity contribution < 1.29 is 0 Å². The summed E-state index contributed by atoms with van der Waals surface area (Å²) >= 11 is 0. The van der Waals surface area contributed by atoms with Crippen LogP contribution in [0.4, 0.5) is 5.69 Å². The Balaban J connectivity index is 3.14. The van der Waals surface area contributed by atoms with E-state index in [1.54, 1.807) is 12.3 Å². The van der Waals surface area contributed by atoms with Crippen molar-refractivity contribution in [3.8, 4) is 0 Å². The summed E-state index contributed by atoms with van der Waals surface area (Å²) in [7, 11) is 0. The van der Waals surface area contributed by atoms with Crippen LogP contribution in [0.5, 0.6) is 0 Å². The SMILES string of the molecule is Cc1ccncc1N=[N+]=[N-]. The molecule has 0 N–H and O–H groups in total. The summed E-state index contributed by atoms with van der Waals surface area (Å²) in [5.41, 5.74) is 9.60. The second-order valence-electron chi connectivity index (χ2n) is 1.85. The van der Waals surface area contributed by atoms with Gasteiger partial charge in [-0.25, -0.2) is 0 Å². The molecule has 1 rings (SSSR count). The van der Waals surface area contributed by atoms with Crippen molar-refractivity contribution in [3.05, 3.63) is 34.5 Å². The van der Waals surface area contributed by atoms with Crippen molar-refractivity contribution in [2.24, 2.45) is 5.11 Å². The molecular formula is C6H6N4. The summed E-state index contributed by atoms with van der Waals surface area (Å²) in [6, 6.07) is 1.80. The molecule has 1 aromatic rings. The van der Waals surface area contributed by atoms with Crippen LogP contribution in [0.1, 0.15) is 5.56 Å². The van der Waals surface area contributed by atoms with Crippen LogP contribution >= 0.6 is 0 Å². The fourth-order valence-electron chi connectivity index (χ4n) is 0.609. The molecule has 4 heteroatoms. The molecule has 0 amide bonds. The molecule has 0 radical (unpaired) electrons. The van der Waals surface area contributed by atoms with E-state index in [2.05, 4.69) is 15.0 Å². The Morgan fingerprint density at radius 3 is 3.10 bits per heavy atom. The van der Waals surface area contributed by atoms with Crippen molar-refractivity contribution in [3.63, 3.8) is 0 Å². The molecule has 0 aromatic carbocycles. The Bertz CT molecular complexity index is 275. The van der Waals surface area contributed by atoms with Gasteiger partial charge in [0.15, 0.2) is 0 Å². The van der Waals surface area contributed by atoms with Gasteiger partial charge in [-0.1, -0.05) is 5.11 Å². The van der Waals surface area contributed by atoms with Gasteiger partial charge in [-0.15, -0.1) is 0 Å². The van der Waals surface area contributed by atoms with E-state index in [-0.39, 0.29) is 0 Å². The van der Waals surface area contributed by atoms with Gasteiger partial charge in [-0.3, -0.25) is 4.98 Å². The van der Waals surface area contributed by atoms with Crippen LogP contribution in [-0.2, 0) is 0 Å². The van der Waals surface area contributed by atoms with Gasteiger partial charge in [0.1, 0.15) is 0 Å². The molecule has 0 aliphatic rings. The zero-order valence-electron chi connectivity index (χ0n) is 5.52. The molecule has 0 atom stereocenters. The van der Waals surface area contributed by atoms with Gasteiger partial charge in [0.25, 0.3) is 0 Å². The van der Waals surface area contributed by atoms with E-state index in [0.717, 1.165) is 5.56 Å². The average Bonchev–Trinajstić information content (AvgIpc) is 1.94. The summed E-state index contributed by atoms with van der Waals surface area (Å²) in [5.74, 6) is 0. The number of nitrogens with zero attached hydrogens (tertiary/aromatic N) is 4. The van der Waals surface area contributed by atoms with Crippen LogP contribution in [0, 0.1) is 6.92 Å². The molecular weight excluding hydrogens is 128 g/mol. The van der Waals surface area contributed by atoms with Gasteiger partial charge >= 0.3 is 0 Å². The fourth-order valence-corrected chi connectivity index (χ4v) is 0.609. The third kappa shape index (κ3) is 1.24. The number of hydrogen-bond acceptors (Lipinski definition) is 2. The van der Waals surface area contributed by atoms with Crippen LogP contribution < -0.4 is 0 Å². The Morgan fingerprint density at radius 1 is 1.70 bits per heavy atom. The Morgan fingerprint density at radius 2 is 2.50 bits per heavy atom. The standard InChI is InChI=1S/C6H6N4/c1-5-2-3-8-4-6(5)9-10-7/h2-4H,1H3. The van der Waals surface area contributed by atoms with Crippen LogP contribution in [0.3, 0.4) is 0 Å². The van der Waals surface area contributed by atoms with Crippen LogP contribution in [0.25, 0.3) is 10.4 Å². The van der Waals surface area contributed by atoms with E-state index in [1.165, 1.54) is 6.20 Å². The third-order valence-electron chi connectivity index (χ3n) is 1.16. The van der Waals surface area contributed by atoms with E-state index in [9.17, 15) is 0 Å². The molecule has 0 unspecified atom stereocenters. The van der Waals surface area contributed by atoms with Gasteiger partial charge in [-0.05, 0) is 24.1 Å². The van der Waals surface area contributed by atoms with Crippen molar-refractivity contribution >= 4 is 5.69 Å². The van der Waals surface area contributed by atoms with Crippen molar-refractivity contribution in [2.75, 3.05) is 0 Å². The van der Waals surface area contributed by atoms with Gasteiger partial charge < -0.3 is 0 Å². The van der Waals surface area contributed by atoms with Crippen LogP contribution in [0.15, 0.2) is 23.6 Å². The number of azide groups is 1. The molecule has 0 bridgehead atoms. The van der Waals surface area contributed by atoms with Crippen molar-refractivity contribution in [1.29, 1.82) is 0 Å². The quantitative estimate of drug-likeness (QED) is 0.330. The lowest BCUT2D eigenvalue weighted by molar-refractivity contribution is 1.25. The Kier molecular flexibility index (Phi) is 1.87. The zero-order chi connectivity index (χ0) is 7.40. The lowest BCUT2D eigenvalue weighted by Gasteiger charge is -1.92. The normalized spacial score (nSPS) is 8.50. The summed E-state index contributed by atoms with van der Waals surface area (Å²) in [6.07, 6.45) is 3.20. The molecule has 10 heavy (non-hydrogen) atoms. The molecule has 50 valence electrons. The first-order valence-electron chi connectivity index (χ1n) is 2.80. The maximum Gasteiger partial charge on any atom is 0.0587 e. The summed E-state index contributed by atoms with van der Waals surface area (Å²) in [6.45, 7) is 1.87. The highest BCUT2D eigenvalue weighted by Crippen LogP contribution is 2.14. The Labute approximate surface area is 58.1 Å². The highest BCUT2D eigenvalue weighted by Gasteiger charge is 1.90. The average molecular weight is 134 g/mol. The van der Waals surface area contributed by atoms with E-state index in [1.807, 2.05) is 6.92 Å². The van der Waals surface area contributed by atoms with E-state index in [4.69, 9.17) is 5.53 Å². The number of pyridine rings is 1. The monoisotopic (exact) mass is 134 g/mol. The lowest BCUT2D eigenvalue weighted by atomic mass is 10.3. The fraction of sp³-hybridized carbons (Fsp3) is 0.167. The molecule has 0 spiro atoms.